The number of rotatable bonds is 6. The van der Waals surface area contributed by atoms with E-state index in [4.69, 9.17) is 28.9 Å². The molecular formula is C14H20Cl2N2O. The van der Waals surface area contributed by atoms with Crippen LogP contribution >= 0.6 is 23.2 Å². The van der Waals surface area contributed by atoms with Crippen LogP contribution in [-0.4, -0.2) is 18.0 Å². The zero-order valence-corrected chi connectivity index (χ0v) is 12.8. The van der Waals surface area contributed by atoms with Gasteiger partial charge in [0.2, 0.25) is 5.91 Å². The third kappa shape index (κ3) is 4.68. The fraction of sp³-hybridized carbons (Fsp3) is 0.500. The molecule has 1 aromatic carbocycles. The van der Waals surface area contributed by atoms with E-state index in [1.807, 2.05) is 13.8 Å². The molecule has 106 valence electrons. The van der Waals surface area contributed by atoms with Gasteiger partial charge in [0, 0.05) is 22.1 Å². The molecule has 1 rings (SSSR count). The summed E-state index contributed by atoms with van der Waals surface area (Å²) in [5.74, 6) is -0.119. The first kappa shape index (κ1) is 16.3. The summed E-state index contributed by atoms with van der Waals surface area (Å²) < 4.78 is 0. The smallest absolute Gasteiger partial charge is 0.224 e. The highest BCUT2D eigenvalue weighted by Gasteiger charge is 2.21. The lowest BCUT2D eigenvalue weighted by molar-refractivity contribution is -0.120. The molecule has 1 amide bonds. The summed E-state index contributed by atoms with van der Waals surface area (Å²) in [5.41, 5.74) is 6.44. The van der Waals surface area contributed by atoms with Crippen LogP contribution in [0, 0.1) is 0 Å². The second-order valence-electron chi connectivity index (χ2n) is 4.72. The van der Waals surface area contributed by atoms with Crippen molar-refractivity contribution in [2.24, 2.45) is 5.73 Å². The van der Waals surface area contributed by atoms with Gasteiger partial charge >= 0.3 is 0 Å². The molecule has 0 saturated heterocycles. The van der Waals surface area contributed by atoms with Gasteiger partial charge in [0.05, 0.1) is 6.42 Å². The van der Waals surface area contributed by atoms with Crippen molar-refractivity contribution in [3.8, 4) is 0 Å². The van der Waals surface area contributed by atoms with Crippen LogP contribution in [0.25, 0.3) is 0 Å². The van der Waals surface area contributed by atoms with E-state index in [2.05, 4.69) is 5.32 Å². The van der Waals surface area contributed by atoms with Gasteiger partial charge in [-0.2, -0.15) is 0 Å². The number of hydrogen-bond acceptors (Lipinski definition) is 2. The minimum atomic E-state index is -0.347. The van der Waals surface area contributed by atoms with Crippen molar-refractivity contribution in [2.45, 2.75) is 38.6 Å². The van der Waals surface area contributed by atoms with Crippen molar-refractivity contribution < 1.29 is 4.79 Å². The average molecular weight is 303 g/mol. The van der Waals surface area contributed by atoms with Crippen LogP contribution in [0.4, 0.5) is 0 Å². The van der Waals surface area contributed by atoms with Crippen molar-refractivity contribution in [3.05, 3.63) is 33.8 Å². The van der Waals surface area contributed by atoms with Crippen molar-refractivity contribution in [1.82, 2.24) is 5.32 Å². The highest BCUT2D eigenvalue weighted by Crippen LogP contribution is 2.24. The minimum absolute atomic E-state index is 0.119. The van der Waals surface area contributed by atoms with E-state index in [0.717, 1.165) is 12.8 Å². The van der Waals surface area contributed by atoms with Gasteiger partial charge in [-0.05, 0) is 30.5 Å². The largest absolute Gasteiger partial charge is 0.354 e. The van der Waals surface area contributed by atoms with Crippen LogP contribution in [0.5, 0.6) is 0 Å². The van der Waals surface area contributed by atoms with Crippen LogP contribution < -0.4 is 11.1 Å². The summed E-state index contributed by atoms with van der Waals surface area (Å²) in [7, 11) is 0. The predicted molar refractivity (Wildman–Crippen MR) is 80.7 cm³/mol. The van der Waals surface area contributed by atoms with E-state index in [0.29, 0.717) is 22.2 Å². The minimum Gasteiger partial charge on any atom is -0.354 e. The summed E-state index contributed by atoms with van der Waals surface area (Å²) in [6.45, 7) is 4.49. The Morgan fingerprint density at radius 1 is 1.26 bits per heavy atom. The highest BCUT2D eigenvalue weighted by atomic mass is 35.5. The molecule has 0 bridgehead atoms. The Hall–Kier alpha value is -0.770. The van der Waals surface area contributed by atoms with Crippen molar-refractivity contribution in [3.63, 3.8) is 0 Å². The zero-order chi connectivity index (χ0) is 14.5. The summed E-state index contributed by atoms with van der Waals surface area (Å²) in [4.78, 5) is 11.9. The number of carbonyl (C=O) groups excluding carboxylic acids is 1. The fourth-order valence-corrected chi connectivity index (χ4v) is 2.23. The Morgan fingerprint density at radius 2 is 1.79 bits per heavy atom. The Bertz CT molecular complexity index is 425. The number of nitrogens with two attached hydrogens (primary N) is 1. The molecule has 0 aliphatic carbocycles. The normalized spacial score (nSPS) is 11.4. The van der Waals surface area contributed by atoms with Crippen molar-refractivity contribution in [2.75, 3.05) is 6.54 Å². The van der Waals surface area contributed by atoms with Crippen LogP contribution in [0.2, 0.25) is 10.0 Å². The number of amides is 1. The molecule has 0 atom stereocenters. The summed E-state index contributed by atoms with van der Waals surface area (Å²) in [6.07, 6.45) is 1.80. The van der Waals surface area contributed by atoms with Crippen LogP contribution in [-0.2, 0) is 11.2 Å². The molecule has 0 heterocycles. The van der Waals surface area contributed by atoms with Gasteiger partial charge in [-0.3, -0.25) is 4.79 Å². The Morgan fingerprint density at radius 3 is 2.26 bits per heavy atom. The van der Waals surface area contributed by atoms with E-state index in [-0.39, 0.29) is 17.9 Å². The molecule has 0 radical (unpaired) electrons. The maximum atomic E-state index is 11.9. The lowest BCUT2D eigenvalue weighted by Gasteiger charge is -2.26. The Kier molecular flexibility index (Phi) is 6.11. The summed E-state index contributed by atoms with van der Waals surface area (Å²) >= 11 is 12.1. The average Bonchev–Trinajstić information content (AvgIpc) is 2.40. The molecule has 0 aromatic heterocycles. The number of nitrogens with one attached hydrogen (secondary N) is 1. The number of benzene rings is 1. The van der Waals surface area contributed by atoms with Gasteiger partial charge in [0.15, 0.2) is 0 Å². The molecule has 5 heteroatoms. The first-order valence-electron chi connectivity index (χ1n) is 6.40. The van der Waals surface area contributed by atoms with Gasteiger partial charge in [0.1, 0.15) is 0 Å². The second kappa shape index (κ2) is 7.13. The van der Waals surface area contributed by atoms with Gasteiger partial charge < -0.3 is 11.1 Å². The highest BCUT2D eigenvalue weighted by molar-refractivity contribution is 6.36. The molecule has 19 heavy (non-hydrogen) atoms. The number of hydrogen-bond donors (Lipinski definition) is 2. The molecule has 0 saturated carbocycles. The first-order valence-corrected chi connectivity index (χ1v) is 7.16. The Balaban J connectivity index is 2.61. The molecule has 0 aliphatic rings. The maximum absolute atomic E-state index is 11.9. The predicted octanol–water partition coefficient (Wildman–Crippen LogP) is 3.17. The molecular weight excluding hydrogens is 283 g/mol. The molecule has 3 nitrogen and oxygen atoms in total. The Labute approximate surface area is 124 Å². The van der Waals surface area contributed by atoms with E-state index >= 15 is 0 Å². The molecule has 0 fully saturated rings. The van der Waals surface area contributed by atoms with E-state index in [9.17, 15) is 4.79 Å². The lowest BCUT2D eigenvalue weighted by Crippen LogP contribution is -2.49. The molecule has 1 aromatic rings. The SMILES string of the molecule is CCC(N)(CC)CNC(=O)Cc1c(Cl)cccc1Cl. The van der Waals surface area contributed by atoms with Crippen LogP contribution in [0.3, 0.4) is 0 Å². The van der Waals surface area contributed by atoms with Gasteiger partial charge in [0.25, 0.3) is 0 Å². The summed E-state index contributed by atoms with van der Waals surface area (Å²) in [6, 6.07) is 5.20. The molecule has 3 N–H and O–H groups in total. The molecule has 0 aliphatic heterocycles. The summed E-state index contributed by atoms with van der Waals surface area (Å²) in [5, 5.41) is 3.86. The third-order valence-electron chi connectivity index (χ3n) is 3.44. The molecule has 0 unspecified atom stereocenters. The van der Waals surface area contributed by atoms with E-state index < -0.39 is 0 Å². The lowest BCUT2D eigenvalue weighted by atomic mass is 9.94. The van der Waals surface area contributed by atoms with Crippen LogP contribution in [0.1, 0.15) is 32.3 Å². The fourth-order valence-electron chi connectivity index (χ4n) is 1.70. The third-order valence-corrected chi connectivity index (χ3v) is 4.15. The van der Waals surface area contributed by atoms with Gasteiger partial charge in [-0.25, -0.2) is 0 Å². The number of halogens is 2. The number of carbonyl (C=O) groups is 1. The van der Waals surface area contributed by atoms with Crippen molar-refractivity contribution in [1.29, 1.82) is 0 Å². The maximum Gasteiger partial charge on any atom is 0.224 e. The van der Waals surface area contributed by atoms with Gasteiger partial charge in [-0.15, -0.1) is 0 Å². The van der Waals surface area contributed by atoms with Gasteiger partial charge in [-0.1, -0.05) is 43.1 Å². The molecule has 0 spiro atoms. The van der Waals surface area contributed by atoms with E-state index in [1.165, 1.54) is 0 Å². The topological polar surface area (TPSA) is 55.1 Å². The monoisotopic (exact) mass is 302 g/mol. The first-order chi connectivity index (χ1) is 8.91. The quantitative estimate of drug-likeness (QED) is 0.848. The van der Waals surface area contributed by atoms with Crippen molar-refractivity contribution >= 4 is 29.1 Å². The second-order valence-corrected chi connectivity index (χ2v) is 5.54. The standard InChI is InChI=1S/C14H20Cl2N2O/c1-3-14(17,4-2)9-18-13(19)8-10-11(15)6-5-7-12(10)16/h5-7H,3-4,8-9,17H2,1-2H3,(H,18,19). The van der Waals surface area contributed by atoms with Crippen LogP contribution in [0.15, 0.2) is 18.2 Å². The zero-order valence-electron chi connectivity index (χ0n) is 11.3. The van der Waals surface area contributed by atoms with E-state index in [1.54, 1.807) is 18.2 Å².